The second-order valence-corrected chi connectivity index (χ2v) is 8.58. The summed E-state index contributed by atoms with van der Waals surface area (Å²) >= 11 is 5.38. The third-order valence-corrected chi connectivity index (χ3v) is 5.79. The summed E-state index contributed by atoms with van der Waals surface area (Å²) in [6.07, 6.45) is 12.7. The van der Waals surface area contributed by atoms with E-state index in [1.165, 1.54) is 69.9 Å². The fourth-order valence-corrected chi connectivity index (χ4v) is 3.95. The lowest BCUT2D eigenvalue weighted by Gasteiger charge is -2.14. The Labute approximate surface area is 215 Å². The number of carboxylic acids is 4. The number of aromatic carboxylic acids is 4. The summed E-state index contributed by atoms with van der Waals surface area (Å²) in [4.78, 5) is 45.8. The first-order chi connectivity index (χ1) is 17.2. The van der Waals surface area contributed by atoms with Crippen molar-refractivity contribution in [1.82, 2.24) is 0 Å². The number of carboxylic acid groups (broad SMARTS) is 4. The standard InChI is InChI=1S/C16H10O8.C6H12.C5H11Cl/c17-13(18)9-6-8(7-4-2-1-3-5-7)10(14(19)20)12(16(23)24)11(9)15(21)22;1-2-4-6-5-3-1;1-2-3-4-5-6/h1-6H,(H,17,18)(H,19,20)(H,21,22)(H,23,24);1-6H2;2-5H2,1H3. The third-order valence-electron chi connectivity index (χ3n) is 5.52. The van der Waals surface area contributed by atoms with Crippen molar-refractivity contribution in [2.75, 3.05) is 5.88 Å². The molecule has 0 spiro atoms. The second-order valence-electron chi connectivity index (χ2n) is 8.20. The van der Waals surface area contributed by atoms with Crippen LogP contribution >= 0.6 is 11.6 Å². The van der Waals surface area contributed by atoms with Crippen molar-refractivity contribution in [3.8, 4) is 11.1 Å². The SMILES string of the molecule is C1CCCCC1.CCCCCCl.O=C(O)c1cc(-c2ccccc2)c(C(=O)O)c(C(=O)O)c1C(=O)O. The monoisotopic (exact) mass is 520 g/mol. The Morgan fingerprint density at radius 2 is 1.17 bits per heavy atom. The molecule has 8 nitrogen and oxygen atoms in total. The van der Waals surface area contributed by atoms with Crippen LogP contribution in [0.4, 0.5) is 0 Å². The van der Waals surface area contributed by atoms with Gasteiger partial charge in [0, 0.05) is 5.88 Å². The number of benzene rings is 2. The van der Waals surface area contributed by atoms with Crippen molar-refractivity contribution < 1.29 is 39.6 Å². The molecule has 0 bridgehead atoms. The zero-order chi connectivity index (χ0) is 27.1. The van der Waals surface area contributed by atoms with Crippen LogP contribution in [0.2, 0.25) is 0 Å². The van der Waals surface area contributed by atoms with Gasteiger partial charge in [0.15, 0.2) is 0 Å². The van der Waals surface area contributed by atoms with Crippen LogP contribution in [0.5, 0.6) is 0 Å². The largest absolute Gasteiger partial charge is 0.478 e. The van der Waals surface area contributed by atoms with E-state index in [1.807, 2.05) is 0 Å². The molecule has 0 unspecified atom stereocenters. The highest BCUT2D eigenvalue weighted by atomic mass is 35.5. The van der Waals surface area contributed by atoms with Crippen LogP contribution in [0.3, 0.4) is 0 Å². The highest BCUT2D eigenvalue weighted by Crippen LogP contribution is 2.32. The number of hydrogen-bond donors (Lipinski definition) is 4. The predicted octanol–water partition coefficient (Wildman–Crippen LogP) is 6.90. The molecule has 0 aliphatic heterocycles. The third kappa shape index (κ3) is 9.34. The van der Waals surface area contributed by atoms with Gasteiger partial charge >= 0.3 is 23.9 Å². The van der Waals surface area contributed by atoms with Crippen LogP contribution in [-0.4, -0.2) is 50.2 Å². The van der Waals surface area contributed by atoms with Crippen molar-refractivity contribution in [3.63, 3.8) is 0 Å². The summed E-state index contributed by atoms with van der Waals surface area (Å²) in [5.41, 5.74) is -3.68. The summed E-state index contributed by atoms with van der Waals surface area (Å²) in [6.45, 7) is 2.17. The van der Waals surface area contributed by atoms with Crippen LogP contribution in [0, 0.1) is 0 Å². The lowest BCUT2D eigenvalue weighted by molar-refractivity contribution is 0.0620. The van der Waals surface area contributed by atoms with Crippen molar-refractivity contribution in [3.05, 3.63) is 58.7 Å². The van der Waals surface area contributed by atoms with Crippen molar-refractivity contribution >= 4 is 35.5 Å². The fourth-order valence-electron chi connectivity index (χ4n) is 3.76. The molecule has 1 saturated carbocycles. The highest BCUT2D eigenvalue weighted by molar-refractivity contribution is 6.18. The van der Waals surface area contributed by atoms with E-state index in [0.717, 1.165) is 11.9 Å². The Morgan fingerprint density at radius 3 is 1.50 bits per heavy atom. The smallest absolute Gasteiger partial charge is 0.337 e. The van der Waals surface area contributed by atoms with E-state index in [0.29, 0.717) is 0 Å². The maximum absolute atomic E-state index is 11.6. The molecule has 0 saturated heterocycles. The Kier molecular flexibility index (Phi) is 13.9. The number of rotatable bonds is 8. The fraction of sp³-hybridized carbons (Fsp3) is 0.407. The first-order valence-corrected chi connectivity index (χ1v) is 12.5. The van der Waals surface area contributed by atoms with Crippen molar-refractivity contribution in [2.24, 2.45) is 0 Å². The van der Waals surface area contributed by atoms with Gasteiger partial charge in [-0.05, 0) is 23.6 Å². The molecule has 2 aromatic rings. The van der Waals surface area contributed by atoms with Gasteiger partial charge in [-0.15, -0.1) is 11.6 Å². The summed E-state index contributed by atoms with van der Waals surface area (Å²) in [7, 11) is 0. The van der Waals surface area contributed by atoms with E-state index in [4.69, 9.17) is 11.6 Å². The minimum atomic E-state index is -1.84. The molecule has 0 aromatic heterocycles. The molecule has 9 heteroatoms. The number of unbranched alkanes of at least 4 members (excludes halogenated alkanes) is 2. The lowest BCUT2D eigenvalue weighted by atomic mass is 9.88. The summed E-state index contributed by atoms with van der Waals surface area (Å²) < 4.78 is 0. The molecule has 0 amide bonds. The van der Waals surface area contributed by atoms with Gasteiger partial charge in [-0.2, -0.15) is 0 Å². The number of carbonyl (C=O) groups is 4. The summed E-state index contributed by atoms with van der Waals surface area (Å²) in [5.74, 6) is -6.21. The molecule has 36 heavy (non-hydrogen) atoms. The maximum Gasteiger partial charge on any atom is 0.337 e. The molecule has 0 radical (unpaired) electrons. The van der Waals surface area contributed by atoms with E-state index < -0.39 is 46.1 Å². The average molecular weight is 521 g/mol. The molecule has 196 valence electrons. The molecule has 1 aliphatic rings. The molecule has 1 fully saturated rings. The van der Waals surface area contributed by atoms with Gasteiger partial charge in [0.1, 0.15) is 0 Å². The van der Waals surface area contributed by atoms with Gasteiger partial charge in [-0.1, -0.05) is 88.6 Å². The Bertz CT molecular complexity index is 1010. The molecule has 2 aromatic carbocycles. The summed E-state index contributed by atoms with van der Waals surface area (Å²) in [6, 6.07) is 8.50. The van der Waals surface area contributed by atoms with Gasteiger partial charge < -0.3 is 20.4 Å². The minimum absolute atomic E-state index is 0.192. The minimum Gasteiger partial charge on any atom is -0.478 e. The van der Waals surface area contributed by atoms with Crippen LogP contribution in [0.15, 0.2) is 36.4 Å². The molecule has 0 heterocycles. The van der Waals surface area contributed by atoms with Crippen molar-refractivity contribution in [2.45, 2.75) is 64.7 Å². The molecular weight excluding hydrogens is 488 g/mol. The van der Waals surface area contributed by atoms with Gasteiger partial charge in [0.05, 0.1) is 22.3 Å². The Hall–Kier alpha value is -3.39. The van der Waals surface area contributed by atoms with Gasteiger partial charge in [-0.3, -0.25) is 0 Å². The zero-order valence-electron chi connectivity index (χ0n) is 20.3. The maximum atomic E-state index is 11.6. The Balaban J connectivity index is 0.000000441. The first kappa shape index (κ1) is 30.6. The molecular formula is C27H33ClO8. The van der Waals surface area contributed by atoms with Gasteiger partial charge in [0.2, 0.25) is 0 Å². The molecule has 3 rings (SSSR count). The second kappa shape index (κ2) is 16.3. The number of hydrogen-bond acceptors (Lipinski definition) is 4. The van der Waals surface area contributed by atoms with E-state index in [9.17, 15) is 39.6 Å². The van der Waals surface area contributed by atoms with Crippen LogP contribution in [-0.2, 0) is 0 Å². The van der Waals surface area contributed by atoms with Crippen LogP contribution in [0.25, 0.3) is 11.1 Å². The number of halogens is 1. The highest BCUT2D eigenvalue weighted by Gasteiger charge is 2.32. The van der Waals surface area contributed by atoms with Crippen LogP contribution < -0.4 is 0 Å². The normalized spacial score (nSPS) is 12.3. The first-order valence-electron chi connectivity index (χ1n) is 11.9. The molecule has 0 atom stereocenters. The van der Waals surface area contributed by atoms with Crippen LogP contribution in [0.1, 0.15) is 106 Å². The topological polar surface area (TPSA) is 149 Å². The average Bonchev–Trinajstić information content (AvgIpc) is 2.88. The zero-order valence-corrected chi connectivity index (χ0v) is 21.1. The van der Waals surface area contributed by atoms with E-state index in [-0.39, 0.29) is 11.1 Å². The number of alkyl halides is 1. The van der Waals surface area contributed by atoms with E-state index >= 15 is 0 Å². The Morgan fingerprint density at radius 1 is 0.694 bits per heavy atom. The van der Waals surface area contributed by atoms with Gasteiger partial charge in [-0.25, -0.2) is 19.2 Å². The summed E-state index contributed by atoms with van der Waals surface area (Å²) in [5, 5.41) is 37.1. The van der Waals surface area contributed by atoms with Crippen molar-refractivity contribution in [1.29, 1.82) is 0 Å². The predicted molar refractivity (Wildman–Crippen MR) is 138 cm³/mol. The van der Waals surface area contributed by atoms with Gasteiger partial charge in [0.25, 0.3) is 0 Å². The van der Waals surface area contributed by atoms with E-state index in [1.54, 1.807) is 18.2 Å². The quantitative estimate of drug-likeness (QED) is 0.217. The molecule has 4 N–H and O–H groups in total. The molecule has 1 aliphatic carbocycles. The van der Waals surface area contributed by atoms with E-state index in [2.05, 4.69) is 6.92 Å². The lowest BCUT2D eigenvalue weighted by Crippen LogP contribution is -2.20.